The number of rotatable bonds is 11. The maximum Gasteiger partial charge on any atom is 0.151 e. The zero-order chi connectivity index (χ0) is 28.1. The molecule has 41 heavy (non-hydrogen) atoms. The van der Waals surface area contributed by atoms with E-state index in [1.807, 2.05) is 97.9 Å². The van der Waals surface area contributed by atoms with Gasteiger partial charge < -0.3 is 24.7 Å². The van der Waals surface area contributed by atoms with Crippen LogP contribution in [0.25, 0.3) is 5.52 Å². The zero-order valence-corrected chi connectivity index (χ0v) is 23.0. The lowest BCUT2D eigenvalue weighted by atomic mass is 9.92. The van der Waals surface area contributed by atoms with Crippen LogP contribution in [0.15, 0.2) is 109 Å². The van der Waals surface area contributed by atoms with Gasteiger partial charge in [-0.3, -0.25) is 0 Å². The first-order chi connectivity index (χ1) is 20.1. The van der Waals surface area contributed by atoms with E-state index in [9.17, 15) is 0 Å². The highest BCUT2D eigenvalue weighted by Gasteiger charge is 2.56. The zero-order valence-electron chi connectivity index (χ0n) is 23.0. The molecular weight excluding hydrogens is 516 g/mol. The van der Waals surface area contributed by atoms with Gasteiger partial charge in [0.2, 0.25) is 0 Å². The van der Waals surface area contributed by atoms with Crippen molar-refractivity contribution in [3.05, 3.63) is 132 Å². The van der Waals surface area contributed by atoms with Crippen LogP contribution in [0.5, 0.6) is 0 Å². The van der Waals surface area contributed by atoms with Crippen molar-refractivity contribution in [2.45, 2.75) is 50.7 Å². The van der Waals surface area contributed by atoms with E-state index < -0.39 is 23.9 Å². The van der Waals surface area contributed by atoms with Gasteiger partial charge in [-0.25, -0.2) is 9.50 Å². The predicted octanol–water partition coefficient (Wildman–Crippen LogP) is 5.31. The Labute approximate surface area is 239 Å². The number of fused-ring (bicyclic) bond motifs is 1. The van der Waals surface area contributed by atoms with Crippen LogP contribution >= 0.6 is 0 Å². The highest BCUT2D eigenvalue weighted by atomic mass is 16.6. The first-order valence-corrected chi connectivity index (χ1v) is 13.8. The van der Waals surface area contributed by atoms with Gasteiger partial charge in [-0.15, -0.1) is 0 Å². The fraction of sp³-hybridized carbons (Fsp3) is 0.273. The van der Waals surface area contributed by atoms with Gasteiger partial charge in [-0.05, 0) is 35.7 Å². The van der Waals surface area contributed by atoms with Crippen molar-refractivity contribution in [3.63, 3.8) is 0 Å². The predicted molar refractivity (Wildman–Crippen MR) is 156 cm³/mol. The SMILES string of the molecule is CC1(c2ccc3c(N)ncnn23)O[C@H](COCc2ccccc2)[C@@H](OCc2ccccc2)[C@H]1OCc1ccccc1. The molecule has 0 aliphatic carbocycles. The minimum atomic E-state index is -0.926. The van der Waals surface area contributed by atoms with E-state index in [0.29, 0.717) is 37.8 Å². The largest absolute Gasteiger partial charge is 0.382 e. The quantitative estimate of drug-likeness (QED) is 0.238. The molecule has 2 N–H and O–H groups in total. The molecular formula is C33H34N4O4. The normalized spacial score (nSPS) is 22.3. The summed E-state index contributed by atoms with van der Waals surface area (Å²) in [7, 11) is 0. The maximum atomic E-state index is 6.88. The Morgan fingerprint density at radius 3 is 2.00 bits per heavy atom. The van der Waals surface area contributed by atoms with Gasteiger partial charge in [-0.1, -0.05) is 91.0 Å². The number of nitrogens with zero attached hydrogens (tertiary/aromatic N) is 3. The van der Waals surface area contributed by atoms with Crippen LogP contribution in [0, 0.1) is 0 Å². The van der Waals surface area contributed by atoms with Crippen molar-refractivity contribution < 1.29 is 18.9 Å². The van der Waals surface area contributed by atoms with Gasteiger partial charge in [0.15, 0.2) is 5.82 Å². The molecule has 8 nitrogen and oxygen atoms in total. The number of hydrogen-bond donors (Lipinski definition) is 1. The average Bonchev–Trinajstić information content (AvgIpc) is 3.57. The lowest BCUT2D eigenvalue weighted by molar-refractivity contribution is -0.118. The van der Waals surface area contributed by atoms with Gasteiger partial charge in [0, 0.05) is 0 Å². The number of anilines is 1. The van der Waals surface area contributed by atoms with E-state index in [2.05, 4.69) is 22.2 Å². The molecule has 6 rings (SSSR count). The fourth-order valence-corrected chi connectivity index (χ4v) is 5.46. The Bertz CT molecular complexity index is 1550. The minimum absolute atomic E-state index is 0.329. The van der Waals surface area contributed by atoms with Crippen LogP contribution in [0.4, 0.5) is 5.82 Å². The van der Waals surface area contributed by atoms with Gasteiger partial charge >= 0.3 is 0 Å². The Balaban J connectivity index is 1.33. The second-order valence-electron chi connectivity index (χ2n) is 10.4. The summed E-state index contributed by atoms with van der Waals surface area (Å²) in [6.07, 6.45) is 0.141. The monoisotopic (exact) mass is 550 g/mol. The summed E-state index contributed by atoms with van der Waals surface area (Å²) < 4.78 is 28.2. The number of nitrogen functional groups attached to an aromatic ring is 1. The Hall–Kier alpha value is -4.08. The van der Waals surface area contributed by atoms with E-state index in [1.54, 1.807) is 4.52 Å². The smallest absolute Gasteiger partial charge is 0.151 e. The van der Waals surface area contributed by atoms with Crippen LogP contribution in [-0.2, 0) is 44.4 Å². The molecule has 1 unspecified atom stereocenters. The van der Waals surface area contributed by atoms with Gasteiger partial charge in [0.05, 0.1) is 32.1 Å². The summed E-state index contributed by atoms with van der Waals surface area (Å²) in [5.41, 5.74) is 9.99. The van der Waals surface area contributed by atoms with Crippen LogP contribution in [0.2, 0.25) is 0 Å². The summed E-state index contributed by atoms with van der Waals surface area (Å²) in [5.74, 6) is 0.397. The summed E-state index contributed by atoms with van der Waals surface area (Å²) in [4.78, 5) is 4.16. The van der Waals surface area contributed by atoms with Crippen LogP contribution in [0.1, 0.15) is 29.3 Å². The number of hydrogen-bond acceptors (Lipinski definition) is 7. The molecule has 8 heteroatoms. The Kier molecular flexibility index (Phi) is 8.07. The molecule has 3 aromatic carbocycles. The molecule has 0 saturated carbocycles. The highest BCUT2D eigenvalue weighted by Crippen LogP contribution is 2.44. The number of ether oxygens (including phenoxy) is 4. The summed E-state index contributed by atoms with van der Waals surface area (Å²) >= 11 is 0. The van der Waals surface area contributed by atoms with Crippen molar-refractivity contribution in [3.8, 4) is 0 Å². The second kappa shape index (κ2) is 12.2. The Morgan fingerprint density at radius 2 is 1.37 bits per heavy atom. The van der Waals surface area contributed by atoms with E-state index >= 15 is 0 Å². The van der Waals surface area contributed by atoms with Crippen LogP contribution in [-0.4, -0.2) is 39.5 Å². The molecule has 2 aromatic heterocycles. The molecule has 4 atom stereocenters. The van der Waals surface area contributed by atoms with Crippen molar-refractivity contribution in [1.82, 2.24) is 14.6 Å². The van der Waals surface area contributed by atoms with Gasteiger partial charge in [0.1, 0.15) is 35.8 Å². The van der Waals surface area contributed by atoms with Gasteiger partial charge in [-0.2, -0.15) is 5.10 Å². The Morgan fingerprint density at radius 1 is 0.780 bits per heavy atom. The van der Waals surface area contributed by atoms with Crippen LogP contribution < -0.4 is 5.73 Å². The molecule has 1 fully saturated rings. The van der Waals surface area contributed by atoms with Gasteiger partial charge in [0.25, 0.3) is 0 Å². The highest BCUT2D eigenvalue weighted by molar-refractivity contribution is 5.65. The molecule has 0 spiro atoms. The third-order valence-corrected chi connectivity index (χ3v) is 7.55. The van der Waals surface area contributed by atoms with E-state index in [1.165, 1.54) is 6.33 Å². The maximum absolute atomic E-state index is 6.88. The standard InChI is InChI=1S/C33H34N4O4/c1-33(29-18-17-27-32(34)35-23-36-37(27)29)31(40-21-26-15-9-4-10-16-26)30(39-20-25-13-7-3-8-14-25)28(41-33)22-38-19-24-11-5-2-6-12-24/h2-18,23,28,30-31H,19-22H2,1H3,(H2,34,35,36)/t28-,30-,31-,33?/m1/s1. The van der Waals surface area contributed by atoms with E-state index in [4.69, 9.17) is 24.7 Å². The third-order valence-electron chi connectivity index (χ3n) is 7.55. The molecule has 1 aliphatic heterocycles. The van der Waals surface area contributed by atoms with Crippen molar-refractivity contribution >= 4 is 11.3 Å². The number of nitrogens with two attached hydrogens (primary N) is 1. The van der Waals surface area contributed by atoms with Crippen molar-refractivity contribution in [2.24, 2.45) is 0 Å². The topological polar surface area (TPSA) is 93.1 Å². The molecule has 0 radical (unpaired) electrons. The molecule has 0 amide bonds. The molecule has 210 valence electrons. The minimum Gasteiger partial charge on any atom is -0.382 e. The summed E-state index contributed by atoms with van der Waals surface area (Å²) in [5, 5.41) is 4.51. The first-order valence-electron chi connectivity index (χ1n) is 13.8. The summed E-state index contributed by atoms with van der Waals surface area (Å²) in [6, 6.07) is 34.2. The van der Waals surface area contributed by atoms with E-state index in [0.717, 1.165) is 22.4 Å². The average molecular weight is 551 g/mol. The molecule has 1 aliphatic rings. The van der Waals surface area contributed by atoms with Crippen molar-refractivity contribution in [1.29, 1.82) is 0 Å². The fourth-order valence-electron chi connectivity index (χ4n) is 5.46. The number of benzene rings is 3. The summed E-state index contributed by atoms with van der Waals surface area (Å²) in [6.45, 7) is 3.63. The van der Waals surface area contributed by atoms with Crippen LogP contribution in [0.3, 0.4) is 0 Å². The van der Waals surface area contributed by atoms with Crippen molar-refractivity contribution in [2.75, 3.05) is 12.3 Å². The number of aromatic nitrogens is 3. The van der Waals surface area contributed by atoms with E-state index in [-0.39, 0.29) is 0 Å². The lowest BCUT2D eigenvalue weighted by Gasteiger charge is -2.32. The molecule has 0 bridgehead atoms. The third kappa shape index (κ3) is 5.87. The lowest BCUT2D eigenvalue weighted by Crippen LogP contribution is -2.43. The molecule has 5 aromatic rings. The second-order valence-corrected chi connectivity index (χ2v) is 10.4. The molecule has 3 heterocycles. The first kappa shape index (κ1) is 27.1. The molecule has 1 saturated heterocycles.